The summed E-state index contributed by atoms with van der Waals surface area (Å²) in [7, 11) is -3.15. The van der Waals surface area contributed by atoms with Crippen molar-refractivity contribution in [3.8, 4) is 0 Å². The molecule has 0 aliphatic rings. The Morgan fingerprint density at radius 3 is 2.59 bits per heavy atom. The number of aromatic nitrogens is 2. The van der Waals surface area contributed by atoms with Crippen molar-refractivity contribution in [2.45, 2.75) is 44.2 Å². The minimum absolute atomic E-state index is 0.180. The summed E-state index contributed by atoms with van der Waals surface area (Å²) in [5.41, 5.74) is 0. The summed E-state index contributed by atoms with van der Waals surface area (Å²) in [5, 5.41) is 7.43. The van der Waals surface area contributed by atoms with Crippen LogP contribution in [-0.4, -0.2) is 37.0 Å². The van der Waals surface area contributed by atoms with Crippen LogP contribution >= 0.6 is 0 Å². The Balaban J connectivity index is 2.70. The first-order chi connectivity index (χ1) is 7.84. The van der Waals surface area contributed by atoms with E-state index in [9.17, 15) is 8.42 Å². The first-order valence-electron chi connectivity index (χ1n) is 5.82. The van der Waals surface area contributed by atoms with Gasteiger partial charge in [0.2, 0.25) is 0 Å². The summed E-state index contributed by atoms with van der Waals surface area (Å²) in [6.45, 7) is 7.15. The van der Waals surface area contributed by atoms with Gasteiger partial charge in [-0.2, -0.15) is 5.10 Å². The SMILES string of the molecule is CCNC(C)CC(C)n1cc(S(C)(=O)=O)cn1. The van der Waals surface area contributed by atoms with Crippen molar-refractivity contribution >= 4 is 9.84 Å². The lowest BCUT2D eigenvalue weighted by Crippen LogP contribution is -2.28. The van der Waals surface area contributed by atoms with Gasteiger partial charge in [-0.15, -0.1) is 0 Å². The minimum atomic E-state index is -3.15. The van der Waals surface area contributed by atoms with Gasteiger partial charge in [0.05, 0.1) is 12.2 Å². The molecule has 2 unspecified atom stereocenters. The van der Waals surface area contributed by atoms with E-state index in [-0.39, 0.29) is 10.9 Å². The number of sulfone groups is 1. The van der Waals surface area contributed by atoms with Gasteiger partial charge in [-0.3, -0.25) is 4.68 Å². The Labute approximate surface area is 103 Å². The maximum Gasteiger partial charge on any atom is 0.178 e. The molecule has 0 aliphatic heterocycles. The molecule has 0 amide bonds. The molecule has 5 nitrogen and oxygen atoms in total. The maximum absolute atomic E-state index is 11.3. The first kappa shape index (κ1) is 14.2. The normalized spacial score (nSPS) is 15.8. The Morgan fingerprint density at radius 2 is 2.12 bits per heavy atom. The van der Waals surface area contributed by atoms with Gasteiger partial charge in [-0.05, 0) is 26.8 Å². The van der Waals surface area contributed by atoms with Crippen molar-refractivity contribution in [2.75, 3.05) is 12.8 Å². The molecule has 1 aromatic heterocycles. The molecule has 2 atom stereocenters. The topological polar surface area (TPSA) is 64.0 Å². The van der Waals surface area contributed by atoms with Gasteiger partial charge in [0, 0.05) is 18.5 Å². The second-order valence-electron chi connectivity index (χ2n) is 4.47. The van der Waals surface area contributed by atoms with Crippen LogP contribution in [0.1, 0.15) is 33.2 Å². The van der Waals surface area contributed by atoms with Crippen molar-refractivity contribution < 1.29 is 8.42 Å². The second kappa shape index (κ2) is 5.64. The molecule has 0 spiro atoms. The Hall–Kier alpha value is -0.880. The van der Waals surface area contributed by atoms with E-state index in [1.807, 2.05) is 6.92 Å². The number of nitrogens with one attached hydrogen (secondary N) is 1. The standard InChI is InChI=1S/C11H21N3O2S/c1-5-12-9(2)6-10(3)14-8-11(7-13-14)17(4,15)16/h7-10,12H,5-6H2,1-4H3. The molecule has 17 heavy (non-hydrogen) atoms. The fourth-order valence-corrected chi connectivity index (χ4v) is 2.34. The van der Waals surface area contributed by atoms with Gasteiger partial charge < -0.3 is 5.32 Å². The van der Waals surface area contributed by atoms with E-state index in [1.165, 1.54) is 12.5 Å². The smallest absolute Gasteiger partial charge is 0.178 e. The predicted molar refractivity (Wildman–Crippen MR) is 67.8 cm³/mol. The molecule has 0 saturated heterocycles. The van der Waals surface area contributed by atoms with Gasteiger partial charge in [-0.1, -0.05) is 6.92 Å². The van der Waals surface area contributed by atoms with Crippen LogP contribution in [-0.2, 0) is 9.84 Å². The van der Waals surface area contributed by atoms with Crippen LogP contribution in [0.2, 0.25) is 0 Å². The van der Waals surface area contributed by atoms with E-state index in [1.54, 1.807) is 10.9 Å². The molecule has 1 rings (SSSR count). The van der Waals surface area contributed by atoms with E-state index in [0.29, 0.717) is 6.04 Å². The van der Waals surface area contributed by atoms with Gasteiger partial charge in [0.25, 0.3) is 0 Å². The number of rotatable bonds is 6. The number of nitrogens with zero attached hydrogens (tertiary/aromatic N) is 2. The lowest BCUT2D eigenvalue weighted by atomic mass is 10.1. The van der Waals surface area contributed by atoms with Gasteiger partial charge in [0.1, 0.15) is 4.90 Å². The van der Waals surface area contributed by atoms with E-state index >= 15 is 0 Å². The van der Waals surface area contributed by atoms with Gasteiger partial charge in [0.15, 0.2) is 9.84 Å². The predicted octanol–water partition coefficient (Wildman–Crippen LogP) is 1.24. The van der Waals surface area contributed by atoms with Crippen LogP contribution in [0, 0.1) is 0 Å². The van der Waals surface area contributed by atoms with Crippen LogP contribution in [0.5, 0.6) is 0 Å². The number of hydrogen-bond donors (Lipinski definition) is 1. The molecule has 0 saturated carbocycles. The summed E-state index contributed by atoms with van der Waals surface area (Å²) in [6, 6.07) is 0.570. The summed E-state index contributed by atoms with van der Waals surface area (Å²) < 4.78 is 24.4. The molecule has 0 bridgehead atoms. The number of hydrogen-bond acceptors (Lipinski definition) is 4. The summed E-state index contributed by atoms with van der Waals surface area (Å²) in [6.07, 6.45) is 5.11. The van der Waals surface area contributed by atoms with Crippen molar-refractivity contribution in [3.63, 3.8) is 0 Å². The molecule has 0 fully saturated rings. The third-order valence-corrected chi connectivity index (χ3v) is 3.77. The van der Waals surface area contributed by atoms with Crippen molar-refractivity contribution in [2.24, 2.45) is 0 Å². The largest absolute Gasteiger partial charge is 0.314 e. The van der Waals surface area contributed by atoms with Crippen molar-refractivity contribution in [1.29, 1.82) is 0 Å². The summed E-state index contributed by atoms with van der Waals surface area (Å²) >= 11 is 0. The van der Waals surface area contributed by atoms with E-state index in [0.717, 1.165) is 13.0 Å². The summed E-state index contributed by atoms with van der Waals surface area (Å²) in [5.74, 6) is 0. The fourth-order valence-electron chi connectivity index (χ4n) is 1.80. The maximum atomic E-state index is 11.3. The highest BCUT2D eigenvalue weighted by molar-refractivity contribution is 7.90. The van der Waals surface area contributed by atoms with Crippen LogP contribution in [0.4, 0.5) is 0 Å². The lowest BCUT2D eigenvalue weighted by molar-refractivity contribution is 0.393. The van der Waals surface area contributed by atoms with Gasteiger partial charge >= 0.3 is 0 Å². The van der Waals surface area contributed by atoms with E-state index < -0.39 is 9.84 Å². The molecule has 0 aromatic carbocycles. The molecular weight excluding hydrogens is 238 g/mol. The van der Waals surface area contributed by atoms with Crippen LogP contribution < -0.4 is 5.32 Å². The van der Waals surface area contributed by atoms with E-state index in [2.05, 4.69) is 24.3 Å². The summed E-state index contributed by atoms with van der Waals surface area (Å²) in [4.78, 5) is 0.278. The molecule has 98 valence electrons. The van der Waals surface area contributed by atoms with Gasteiger partial charge in [-0.25, -0.2) is 8.42 Å². The third kappa shape index (κ3) is 4.12. The molecule has 1 aromatic rings. The average Bonchev–Trinajstić information content (AvgIpc) is 2.65. The van der Waals surface area contributed by atoms with Crippen LogP contribution in [0.15, 0.2) is 17.3 Å². The highest BCUT2D eigenvalue weighted by atomic mass is 32.2. The molecule has 0 aliphatic carbocycles. The monoisotopic (exact) mass is 259 g/mol. The third-order valence-electron chi connectivity index (χ3n) is 2.70. The van der Waals surface area contributed by atoms with Crippen LogP contribution in [0.25, 0.3) is 0 Å². The van der Waals surface area contributed by atoms with Crippen molar-refractivity contribution in [3.05, 3.63) is 12.4 Å². The zero-order valence-corrected chi connectivity index (χ0v) is 11.7. The van der Waals surface area contributed by atoms with Crippen LogP contribution in [0.3, 0.4) is 0 Å². The van der Waals surface area contributed by atoms with Crippen molar-refractivity contribution in [1.82, 2.24) is 15.1 Å². The Bertz CT molecular complexity index is 453. The second-order valence-corrected chi connectivity index (χ2v) is 6.49. The molecular formula is C11H21N3O2S. The Morgan fingerprint density at radius 1 is 1.47 bits per heavy atom. The highest BCUT2D eigenvalue weighted by Gasteiger charge is 2.14. The zero-order chi connectivity index (χ0) is 13.1. The molecule has 1 N–H and O–H groups in total. The minimum Gasteiger partial charge on any atom is -0.314 e. The van der Waals surface area contributed by atoms with E-state index in [4.69, 9.17) is 0 Å². The highest BCUT2D eigenvalue weighted by Crippen LogP contribution is 2.15. The molecule has 1 heterocycles. The first-order valence-corrected chi connectivity index (χ1v) is 7.71. The quantitative estimate of drug-likeness (QED) is 0.834. The zero-order valence-electron chi connectivity index (χ0n) is 10.8. The fraction of sp³-hybridized carbons (Fsp3) is 0.727. The lowest BCUT2D eigenvalue weighted by Gasteiger charge is -2.18. The molecule has 0 radical (unpaired) electrons. The molecule has 6 heteroatoms. The average molecular weight is 259 g/mol. The Kier molecular flexibility index (Phi) is 4.70.